The van der Waals surface area contributed by atoms with Crippen LogP contribution in [0.4, 0.5) is 10.5 Å². The summed E-state index contributed by atoms with van der Waals surface area (Å²) in [5.41, 5.74) is 2.13. The molecule has 25 heavy (non-hydrogen) atoms. The molecule has 1 N–H and O–H groups in total. The van der Waals surface area contributed by atoms with Crippen LogP contribution in [0.5, 0.6) is 0 Å². The molecule has 0 bridgehead atoms. The van der Waals surface area contributed by atoms with E-state index in [2.05, 4.69) is 16.4 Å². The molecule has 1 amide bonds. The molecule has 2 heterocycles. The number of benzene rings is 1. The summed E-state index contributed by atoms with van der Waals surface area (Å²) in [4.78, 5) is 18.1. The molecule has 6 heteroatoms. The van der Waals surface area contributed by atoms with Gasteiger partial charge >= 0.3 is 6.09 Å². The van der Waals surface area contributed by atoms with Crippen LogP contribution >= 0.6 is 0 Å². The number of nitriles is 1. The summed E-state index contributed by atoms with van der Waals surface area (Å²) in [6.07, 6.45) is 1.34. The van der Waals surface area contributed by atoms with E-state index >= 15 is 0 Å². The molecule has 1 fully saturated rings. The van der Waals surface area contributed by atoms with Gasteiger partial charge in [0, 0.05) is 30.2 Å². The van der Waals surface area contributed by atoms with Crippen LogP contribution in [0.1, 0.15) is 32.4 Å². The van der Waals surface area contributed by atoms with Gasteiger partial charge in [-0.15, -0.1) is 0 Å². The number of ether oxygens (including phenoxy) is 1. The zero-order valence-electron chi connectivity index (χ0n) is 14.5. The Labute approximate surface area is 147 Å². The van der Waals surface area contributed by atoms with E-state index < -0.39 is 0 Å². The second-order valence-corrected chi connectivity index (χ2v) is 6.52. The zero-order chi connectivity index (χ0) is 17.8. The smallest absolute Gasteiger partial charge is 0.410 e. The molecule has 0 spiro atoms. The van der Waals surface area contributed by atoms with E-state index in [1.54, 1.807) is 11.0 Å². The summed E-state index contributed by atoms with van der Waals surface area (Å²) >= 11 is 0. The molecule has 1 aromatic heterocycles. The largest absolute Gasteiger partial charge is 0.447 e. The van der Waals surface area contributed by atoms with E-state index in [9.17, 15) is 10.1 Å². The summed E-state index contributed by atoms with van der Waals surface area (Å²) in [7, 11) is 0. The number of carbonyl (C=O) groups is 1. The lowest BCUT2D eigenvalue weighted by atomic mass is 10.0. The van der Waals surface area contributed by atoms with Gasteiger partial charge in [-0.05, 0) is 38.8 Å². The number of likely N-dealkylation sites (tertiary alicyclic amines) is 1. The monoisotopic (exact) mass is 338 g/mol. The number of rotatable bonds is 3. The Kier molecular flexibility index (Phi) is 5.03. The van der Waals surface area contributed by atoms with Crippen LogP contribution in [-0.2, 0) is 4.74 Å². The number of hydrogen-bond acceptors (Lipinski definition) is 5. The minimum Gasteiger partial charge on any atom is -0.447 e. The Morgan fingerprint density at radius 3 is 2.76 bits per heavy atom. The predicted molar refractivity (Wildman–Crippen MR) is 96.3 cm³/mol. The lowest BCUT2D eigenvalue weighted by molar-refractivity contribution is 0.0701. The van der Waals surface area contributed by atoms with Gasteiger partial charge in [0.15, 0.2) is 0 Å². The summed E-state index contributed by atoms with van der Waals surface area (Å²) < 4.78 is 5.25. The van der Waals surface area contributed by atoms with E-state index in [4.69, 9.17) is 4.74 Å². The molecule has 130 valence electrons. The molecule has 0 radical (unpaired) electrons. The van der Waals surface area contributed by atoms with Gasteiger partial charge in [0.25, 0.3) is 0 Å². The van der Waals surface area contributed by atoms with Gasteiger partial charge in [-0.2, -0.15) is 5.26 Å². The number of amides is 1. The standard InChI is InChI=1S/C19H22N4O2/c1-13(2)25-19(24)23-9-7-14(8-10-23)21-18-11-15(12-20)22-17-6-4-3-5-16(17)18/h3-6,11,13-14H,7-10H2,1-2H3,(H,21,22). The Bertz CT molecular complexity index is 805. The van der Waals surface area contributed by atoms with Crippen LogP contribution in [0.15, 0.2) is 30.3 Å². The third-order valence-corrected chi connectivity index (χ3v) is 4.28. The Hall–Kier alpha value is -2.81. The van der Waals surface area contributed by atoms with Crippen molar-refractivity contribution >= 4 is 22.7 Å². The fourth-order valence-electron chi connectivity index (χ4n) is 3.05. The van der Waals surface area contributed by atoms with E-state index in [0.29, 0.717) is 18.8 Å². The van der Waals surface area contributed by atoms with Crippen LogP contribution in [0, 0.1) is 11.3 Å². The highest BCUT2D eigenvalue weighted by atomic mass is 16.6. The van der Waals surface area contributed by atoms with Crippen molar-refractivity contribution in [1.29, 1.82) is 5.26 Å². The molecule has 0 unspecified atom stereocenters. The van der Waals surface area contributed by atoms with Gasteiger partial charge < -0.3 is 15.0 Å². The highest BCUT2D eigenvalue weighted by Crippen LogP contribution is 2.25. The Morgan fingerprint density at radius 2 is 2.08 bits per heavy atom. The number of aromatic nitrogens is 1. The van der Waals surface area contributed by atoms with Crippen LogP contribution in [-0.4, -0.2) is 41.2 Å². The summed E-state index contributed by atoms with van der Waals surface area (Å²) in [5.74, 6) is 0. The molecule has 3 rings (SSSR count). The average molecular weight is 338 g/mol. The molecule has 0 aliphatic carbocycles. The lowest BCUT2D eigenvalue weighted by Crippen LogP contribution is -2.43. The number of carbonyl (C=O) groups excluding carboxylic acids is 1. The molecular formula is C19H22N4O2. The number of para-hydroxylation sites is 1. The van der Waals surface area contributed by atoms with E-state index in [1.807, 2.05) is 38.1 Å². The first-order valence-electron chi connectivity index (χ1n) is 8.59. The van der Waals surface area contributed by atoms with Crippen LogP contribution in [0.2, 0.25) is 0 Å². The first-order chi connectivity index (χ1) is 12.1. The van der Waals surface area contributed by atoms with Crippen molar-refractivity contribution in [2.24, 2.45) is 0 Å². The quantitative estimate of drug-likeness (QED) is 0.926. The molecule has 0 atom stereocenters. The maximum Gasteiger partial charge on any atom is 0.410 e. The average Bonchev–Trinajstić information content (AvgIpc) is 2.61. The van der Waals surface area contributed by atoms with Crippen LogP contribution < -0.4 is 5.32 Å². The predicted octanol–water partition coefficient (Wildman–Crippen LogP) is 3.53. The molecule has 1 aliphatic heterocycles. The summed E-state index contributed by atoms with van der Waals surface area (Å²) in [6.45, 7) is 5.04. The van der Waals surface area contributed by atoms with Crippen molar-refractivity contribution < 1.29 is 9.53 Å². The maximum atomic E-state index is 12.0. The SMILES string of the molecule is CC(C)OC(=O)N1CCC(Nc2cc(C#N)nc3ccccc23)CC1. The number of pyridine rings is 1. The first kappa shape index (κ1) is 17.0. The molecule has 1 aromatic carbocycles. The number of fused-ring (bicyclic) bond motifs is 1. The number of piperidine rings is 1. The maximum absolute atomic E-state index is 12.0. The first-order valence-corrected chi connectivity index (χ1v) is 8.59. The van der Waals surface area contributed by atoms with Crippen molar-refractivity contribution in [1.82, 2.24) is 9.88 Å². The fraction of sp³-hybridized carbons (Fsp3) is 0.421. The molecule has 0 saturated carbocycles. The number of hydrogen-bond donors (Lipinski definition) is 1. The van der Waals surface area contributed by atoms with E-state index in [0.717, 1.165) is 29.4 Å². The summed E-state index contributed by atoms with van der Waals surface area (Å²) in [5, 5.41) is 13.7. The van der Waals surface area contributed by atoms with Crippen LogP contribution in [0.25, 0.3) is 10.9 Å². The zero-order valence-corrected chi connectivity index (χ0v) is 14.5. The van der Waals surface area contributed by atoms with Crippen molar-refractivity contribution in [3.8, 4) is 6.07 Å². The van der Waals surface area contributed by atoms with Crippen molar-refractivity contribution in [2.45, 2.75) is 38.8 Å². The normalized spacial score (nSPS) is 15.2. The molecule has 1 aliphatic rings. The lowest BCUT2D eigenvalue weighted by Gasteiger charge is -2.32. The third-order valence-electron chi connectivity index (χ3n) is 4.28. The number of nitrogens with one attached hydrogen (secondary N) is 1. The number of anilines is 1. The third kappa shape index (κ3) is 4.00. The fourth-order valence-corrected chi connectivity index (χ4v) is 3.05. The van der Waals surface area contributed by atoms with Gasteiger partial charge in [0.1, 0.15) is 11.8 Å². The number of nitrogens with zero attached hydrogens (tertiary/aromatic N) is 3. The van der Waals surface area contributed by atoms with Crippen molar-refractivity contribution in [3.63, 3.8) is 0 Å². The molecule has 1 saturated heterocycles. The topological polar surface area (TPSA) is 78.2 Å². The molecular weight excluding hydrogens is 316 g/mol. The Morgan fingerprint density at radius 1 is 1.36 bits per heavy atom. The van der Waals surface area contributed by atoms with Gasteiger partial charge in [0.2, 0.25) is 0 Å². The molecule has 2 aromatic rings. The highest BCUT2D eigenvalue weighted by molar-refractivity contribution is 5.91. The van der Waals surface area contributed by atoms with Crippen LogP contribution in [0.3, 0.4) is 0 Å². The van der Waals surface area contributed by atoms with E-state index in [1.165, 1.54) is 0 Å². The van der Waals surface area contributed by atoms with Gasteiger partial charge in [-0.1, -0.05) is 18.2 Å². The van der Waals surface area contributed by atoms with Crippen molar-refractivity contribution in [2.75, 3.05) is 18.4 Å². The second kappa shape index (κ2) is 7.39. The van der Waals surface area contributed by atoms with Gasteiger partial charge in [-0.25, -0.2) is 9.78 Å². The van der Waals surface area contributed by atoms with Crippen molar-refractivity contribution in [3.05, 3.63) is 36.0 Å². The van der Waals surface area contributed by atoms with E-state index in [-0.39, 0.29) is 18.2 Å². The minimum atomic E-state index is -0.241. The highest BCUT2D eigenvalue weighted by Gasteiger charge is 2.24. The Balaban J connectivity index is 1.69. The minimum absolute atomic E-state index is 0.101. The summed E-state index contributed by atoms with van der Waals surface area (Å²) in [6, 6.07) is 11.9. The van der Waals surface area contributed by atoms with Gasteiger partial charge in [0.05, 0.1) is 11.6 Å². The second-order valence-electron chi connectivity index (χ2n) is 6.52. The van der Waals surface area contributed by atoms with Gasteiger partial charge in [-0.3, -0.25) is 0 Å². The molecule has 6 nitrogen and oxygen atoms in total.